The van der Waals surface area contributed by atoms with Crippen LogP contribution < -0.4 is 0 Å². The van der Waals surface area contributed by atoms with E-state index >= 15 is 0 Å². The van der Waals surface area contributed by atoms with Gasteiger partial charge in [-0.15, -0.1) is 11.3 Å². The molecule has 1 aliphatic carbocycles. The van der Waals surface area contributed by atoms with Crippen molar-refractivity contribution in [2.24, 2.45) is 0 Å². The summed E-state index contributed by atoms with van der Waals surface area (Å²) in [6.07, 6.45) is 4.14. The maximum Gasteiger partial charge on any atom is 0.169 e. The van der Waals surface area contributed by atoms with Crippen LogP contribution in [0.3, 0.4) is 0 Å². The van der Waals surface area contributed by atoms with E-state index in [-0.39, 0.29) is 11.2 Å². The minimum absolute atomic E-state index is 0.0948. The van der Waals surface area contributed by atoms with Gasteiger partial charge in [0.05, 0.1) is 16.4 Å². The molecule has 78 valence electrons. The summed E-state index contributed by atoms with van der Waals surface area (Å²) in [7, 11) is 0. The van der Waals surface area contributed by atoms with Crippen LogP contribution in [-0.2, 0) is 5.41 Å². The molecular formula is C12H13NOS. The highest BCUT2D eigenvalue weighted by atomic mass is 32.1. The van der Waals surface area contributed by atoms with Crippen LogP contribution in [0.15, 0.2) is 12.1 Å². The van der Waals surface area contributed by atoms with Crippen LogP contribution in [0.25, 0.3) is 0 Å². The van der Waals surface area contributed by atoms with Crippen molar-refractivity contribution < 1.29 is 4.79 Å². The van der Waals surface area contributed by atoms with Gasteiger partial charge in [0.25, 0.3) is 0 Å². The first-order chi connectivity index (χ1) is 7.18. The second-order valence-electron chi connectivity index (χ2n) is 4.12. The standard InChI is InChI=1S/C12H13NOS/c1-9(14)10-4-5-11(15-10)12(8-13)6-2-3-7-12/h4-5H,2-3,6-7H2,1H3. The van der Waals surface area contributed by atoms with Gasteiger partial charge in [-0.25, -0.2) is 0 Å². The van der Waals surface area contributed by atoms with Gasteiger partial charge in [0.15, 0.2) is 5.78 Å². The van der Waals surface area contributed by atoms with Gasteiger partial charge in [-0.1, -0.05) is 12.8 Å². The molecule has 2 nitrogen and oxygen atoms in total. The minimum Gasteiger partial charge on any atom is -0.294 e. The van der Waals surface area contributed by atoms with Gasteiger partial charge in [0.1, 0.15) is 0 Å². The van der Waals surface area contributed by atoms with E-state index in [0.717, 1.165) is 35.4 Å². The zero-order chi connectivity index (χ0) is 10.9. The predicted octanol–water partition coefficient (Wildman–Crippen LogP) is 3.29. The topological polar surface area (TPSA) is 40.9 Å². The fourth-order valence-electron chi connectivity index (χ4n) is 2.18. The number of Topliss-reactive ketones (excluding diaryl/α,β-unsaturated/α-hetero) is 1. The van der Waals surface area contributed by atoms with Crippen molar-refractivity contribution in [2.75, 3.05) is 0 Å². The molecule has 0 amide bonds. The molecule has 0 spiro atoms. The van der Waals surface area contributed by atoms with Gasteiger partial charge in [0.2, 0.25) is 0 Å². The molecule has 0 atom stereocenters. The third-order valence-electron chi connectivity index (χ3n) is 3.10. The quantitative estimate of drug-likeness (QED) is 0.716. The number of nitriles is 1. The Bertz CT molecular complexity index is 421. The molecule has 0 radical (unpaired) electrons. The van der Waals surface area contributed by atoms with Crippen molar-refractivity contribution in [3.8, 4) is 6.07 Å². The van der Waals surface area contributed by atoms with Crippen molar-refractivity contribution in [1.29, 1.82) is 5.26 Å². The van der Waals surface area contributed by atoms with Gasteiger partial charge >= 0.3 is 0 Å². The van der Waals surface area contributed by atoms with Crippen LogP contribution in [0.2, 0.25) is 0 Å². The smallest absolute Gasteiger partial charge is 0.169 e. The van der Waals surface area contributed by atoms with Crippen molar-refractivity contribution in [1.82, 2.24) is 0 Å². The number of hydrogen-bond acceptors (Lipinski definition) is 3. The summed E-state index contributed by atoms with van der Waals surface area (Å²) < 4.78 is 0. The largest absolute Gasteiger partial charge is 0.294 e. The molecule has 0 aromatic carbocycles. The first-order valence-corrected chi connectivity index (χ1v) is 6.02. The molecule has 0 bridgehead atoms. The van der Waals surface area contributed by atoms with E-state index < -0.39 is 0 Å². The van der Waals surface area contributed by atoms with E-state index in [2.05, 4.69) is 6.07 Å². The van der Waals surface area contributed by atoms with E-state index in [9.17, 15) is 10.1 Å². The average molecular weight is 219 g/mol. The Morgan fingerprint density at radius 1 is 1.47 bits per heavy atom. The fourth-order valence-corrected chi connectivity index (χ4v) is 3.27. The number of carbonyl (C=O) groups excluding carboxylic acids is 1. The first kappa shape index (κ1) is 10.4. The van der Waals surface area contributed by atoms with E-state index in [4.69, 9.17) is 0 Å². The lowest BCUT2D eigenvalue weighted by atomic mass is 9.86. The van der Waals surface area contributed by atoms with Crippen LogP contribution in [-0.4, -0.2) is 5.78 Å². The third-order valence-corrected chi connectivity index (χ3v) is 4.49. The lowest BCUT2D eigenvalue weighted by Crippen LogP contribution is -2.17. The van der Waals surface area contributed by atoms with Gasteiger partial charge in [-0.3, -0.25) is 4.79 Å². The average Bonchev–Trinajstić information content (AvgIpc) is 2.87. The number of rotatable bonds is 2. The molecule has 0 aliphatic heterocycles. The summed E-state index contributed by atoms with van der Waals surface area (Å²) in [5.41, 5.74) is -0.293. The second kappa shape index (κ2) is 3.79. The Morgan fingerprint density at radius 2 is 2.13 bits per heavy atom. The van der Waals surface area contributed by atoms with Crippen molar-refractivity contribution in [3.63, 3.8) is 0 Å². The van der Waals surface area contributed by atoms with Crippen LogP contribution in [0.1, 0.15) is 47.2 Å². The molecule has 0 unspecified atom stereocenters. The van der Waals surface area contributed by atoms with Crippen molar-refractivity contribution in [3.05, 3.63) is 21.9 Å². The highest BCUT2D eigenvalue weighted by molar-refractivity contribution is 7.14. The number of thiophene rings is 1. The fraction of sp³-hybridized carbons (Fsp3) is 0.500. The SMILES string of the molecule is CC(=O)c1ccc(C2(C#N)CCCC2)s1. The van der Waals surface area contributed by atoms with Crippen LogP contribution in [0, 0.1) is 11.3 Å². The van der Waals surface area contributed by atoms with E-state index in [1.807, 2.05) is 12.1 Å². The summed E-state index contributed by atoms with van der Waals surface area (Å²) in [6.45, 7) is 1.57. The maximum absolute atomic E-state index is 11.2. The second-order valence-corrected chi connectivity index (χ2v) is 5.20. The Balaban J connectivity index is 2.36. The lowest BCUT2D eigenvalue weighted by Gasteiger charge is -2.17. The molecule has 1 fully saturated rings. The summed E-state index contributed by atoms with van der Waals surface area (Å²) >= 11 is 1.49. The number of ketones is 1. The zero-order valence-electron chi connectivity index (χ0n) is 8.75. The first-order valence-electron chi connectivity index (χ1n) is 5.20. The molecule has 0 N–H and O–H groups in total. The van der Waals surface area contributed by atoms with Crippen LogP contribution in [0.4, 0.5) is 0 Å². The maximum atomic E-state index is 11.2. The third kappa shape index (κ3) is 1.70. The van der Waals surface area contributed by atoms with Crippen LogP contribution >= 0.6 is 11.3 Å². The van der Waals surface area contributed by atoms with E-state index in [1.54, 1.807) is 6.92 Å². The monoisotopic (exact) mass is 219 g/mol. The van der Waals surface area contributed by atoms with E-state index in [0.29, 0.717) is 0 Å². The molecule has 0 saturated heterocycles. The predicted molar refractivity (Wildman–Crippen MR) is 60.1 cm³/mol. The van der Waals surface area contributed by atoms with Gasteiger partial charge in [-0.05, 0) is 31.9 Å². The normalized spacial score (nSPS) is 18.7. The number of nitrogens with zero attached hydrogens (tertiary/aromatic N) is 1. The Kier molecular flexibility index (Phi) is 2.62. The summed E-state index contributed by atoms with van der Waals surface area (Å²) in [5.74, 6) is 0.0948. The Labute approximate surface area is 93.5 Å². The zero-order valence-corrected chi connectivity index (χ0v) is 9.56. The summed E-state index contributed by atoms with van der Waals surface area (Å²) in [4.78, 5) is 13.0. The van der Waals surface area contributed by atoms with Crippen molar-refractivity contribution in [2.45, 2.75) is 38.0 Å². The molecule has 1 aromatic heterocycles. The van der Waals surface area contributed by atoms with E-state index in [1.165, 1.54) is 11.3 Å². The Hall–Kier alpha value is -1.14. The lowest BCUT2D eigenvalue weighted by molar-refractivity contribution is 0.102. The summed E-state index contributed by atoms with van der Waals surface area (Å²) in [5, 5.41) is 9.29. The molecule has 1 aliphatic rings. The molecule has 3 heteroatoms. The van der Waals surface area contributed by atoms with Crippen LogP contribution in [0.5, 0.6) is 0 Å². The summed E-state index contributed by atoms with van der Waals surface area (Å²) in [6, 6.07) is 6.25. The Morgan fingerprint density at radius 3 is 2.60 bits per heavy atom. The van der Waals surface area contributed by atoms with Crippen molar-refractivity contribution >= 4 is 17.1 Å². The minimum atomic E-state index is -0.293. The molecule has 2 rings (SSSR count). The molecule has 1 aromatic rings. The molecule has 1 heterocycles. The molecular weight excluding hydrogens is 206 g/mol. The highest BCUT2D eigenvalue weighted by Crippen LogP contribution is 2.43. The molecule has 15 heavy (non-hydrogen) atoms. The van der Waals surface area contributed by atoms with Gasteiger partial charge < -0.3 is 0 Å². The number of carbonyl (C=O) groups is 1. The van der Waals surface area contributed by atoms with Gasteiger partial charge in [-0.2, -0.15) is 5.26 Å². The number of hydrogen-bond donors (Lipinski definition) is 0. The molecule has 1 saturated carbocycles. The van der Waals surface area contributed by atoms with Gasteiger partial charge in [0, 0.05) is 4.88 Å². The highest BCUT2D eigenvalue weighted by Gasteiger charge is 2.37.